The van der Waals surface area contributed by atoms with Crippen LogP contribution in [0.25, 0.3) is 16.9 Å². The first-order valence-electron chi connectivity index (χ1n) is 10.9. The number of halogens is 2. The lowest BCUT2D eigenvalue weighted by Crippen LogP contribution is -2.53. The first kappa shape index (κ1) is 19.8. The van der Waals surface area contributed by atoms with E-state index in [2.05, 4.69) is 10.2 Å². The van der Waals surface area contributed by atoms with Crippen LogP contribution in [0.5, 0.6) is 0 Å². The molecule has 3 aliphatic heterocycles. The van der Waals surface area contributed by atoms with Crippen molar-refractivity contribution in [2.75, 3.05) is 25.0 Å². The SMILES string of the molecule is Cl.Fc1cccc(-c2cc3nc4c(c(NC5CN6CCC5CC6)n3n2)CCCC4)c1. The number of hydrogen-bond acceptors (Lipinski definition) is 4. The number of nitrogens with one attached hydrogen (secondary N) is 1. The molecule has 1 aliphatic carbocycles. The minimum Gasteiger partial charge on any atom is -0.365 e. The van der Waals surface area contributed by atoms with Gasteiger partial charge in [0.25, 0.3) is 0 Å². The van der Waals surface area contributed by atoms with Gasteiger partial charge >= 0.3 is 0 Å². The first-order chi connectivity index (χ1) is 14.2. The number of aromatic nitrogens is 3. The zero-order valence-electron chi connectivity index (χ0n) is 17.0. The van der Waals surface area contributed by atoms with Crippen LogP contribution in [0.3, 0.4) is 0 Å². The lowest BCUT2D eigenvalue weighted by molar-refractivity contribution is 0.0972. The first-order valence-corrected chi connectivity index (χ1v) is 10.9. The van der Waals surface area contributed by atoms with E-state index in [1.54, 1.807) is 12.1 Å². The van der Waals surface area contributed by atoms with Crippen molar-refractivity contribution in [1.29, 1.82) is 0 Å². The van der Waals surface area contributed by atoms with Crippen molar-refractivity contribution in [3.05, 3.63) is 47.4 Å². The summed E-state index contributed by atoms with van der Waals surface area (Å²) in [6, 6.07) is 9.12. The van der Waals surface area contributed by atoms with E-state index in [0.29, 0.717) is 6.04 Å². The fourth-order valence-electron chi connectivity index (χ4n) is 5.39. The van der Waals surface area contributed by atoms with Crippen molar-refractivity contribution in [2.45, 2.75) is 44.6 Å². The summed E-state index contributed by atoms with van der Waals surface area (Å²) in [5.41, 5.74) is 4.96. The molecule has 7 heteroatoms. The number of fused-ring (bicyclic) bond motifs is 5. The standard InChI is InChI=1S/C23H26FN5.ClH/c24-17-5-3-4-16(12-17)20-13-22-25-19-7-2-1-6-18(19)23(29(22)27-20)26-21-14-28-10-8-15(21)9-11-28;/h3-5,12-13,15,21,26H,1-2,6-11,14H2;1H. The molecule has 0 spiro atoms. The van der Waals surface area contributed by atoms with Gasteiger partial charge in [0, 0.05) is 35.5 Å². The van der Waals surface area contributed by atoms with E-state index in [1.165, 1.54) is 56.1 Å². The number of benzene rings is 1. The summed E-state index contributed by atoms with van der Waals surface area (Å²) in [5, 5.41) is 8.78. The second-order valence-corrected chi connectivity index (χ2v) is 8.79. The van der Waals surface area contributed by atoms with E-state index < -0.39 is 0 Å². The van der Waals surface area contributed by atoms with Crippen molar-refractivity contribution in [2.24, 2.45) is 5.92 Å². The van der Waals surface area contributed by atoms with E-state index in [1.807, 2.05) is 16.6 Å². The molecule has 2 aromatic heterocycles. The van der Waals surface area contributed by atoms with Crippen LogP contribution in [-0.4, -0.2) is 45.2 Å². The molecule has 1 N–H and O–H groups in total. The predicted octanol–water partition coefficient (Wildman–Crippen LogP) is 4.34. The molecule has 4 aliphatic rings. The van der Waals surface area contributed by atoms with Crippen LogP contribution in [0.1, 0.15) is 36.9 Å². The maximum absolute atomic E-state index is 13.8. The van der Waals surface area contributed by atoms with Gasteiger partial charge in [-0.15, -0.1) is 12.4 Å². The molecule has 1 unspecified atom stereocenters. The molecular formula is C23H27ClFN5. The average Bonchev–Trinajstić information content (AvgIpc) is 3.18. The van der Waals surface area contributed by atoms with Crippen LogP contribution in [0.15, 0.2) is 30.3 Å². The Kier molecular flexibility index (Phi) is 5.15. The Morgan fingerprint density at radius 3 is 2.67 bits per heavy atom. The molecule has 3 fully saturated rings. The smallest absolute Gasteiger partial charge is 0.158 e. The highest BCUT2D eigenvalue weighted by Crippen LogP contribution is 2.34. The van der Waals surface area contributed by atoms with Crippen LogP contribution < -0.4 is 5.32 Å². The highest BCUT2D eigenvalue weighted by molar-refractivity contribution is 5.85. The quantitative estimate of drug-likeness (QED) is 0.675. The topological polar surface area (TPSA) is 45.5 Å². The van der Waals surface area contributed by atoms with Crippen molar-refractivity contribution >= 4 is 23.9 Å². The van der Waals surface area contributed by atoms with Crippen LogP contribution >= 0.6 is 12.4 Å². The normalized spacial score (nSPS) is 25.0. The Morgan fingerprint density at radius 1 is 1.07 bits per heavy atom. The Bertz CT molecular complexity index is 1070. The van der Waals surface area contributed by atoms with Gasteiger partial charge in [-0.05, 0) is 69.7 Å². The predicted molar refractivity (Wildman–Crippen MR) is 119 cm³/mol. The highest BCUT2D eigenvalue weighted by atomic mass is 35.5. The van der Waals surface area contributed by atoms with E-state index in [4.69, 9.17) is 10.1 Å². The van der Waals surface area contributed by atoms with Crippen molar-refractivity contribution in [3.8, 4) is 11.3 Å². The second-order valence-electron chi connectivity index (χ2n) is 8.79. The van der Waals surface area contributed by atoms with Gasteiger partial charge in [-0.3, -0.25) is 0 Å². The molecule has 158 valence electrons. The maximum Gasteiger partial charge on any atom is 0.158 e. The van der Waals surface area contributed by atoms with Crippen LogP contribution in [0.2, 0.25) is 0 Å². The van der Waals surface area contributed by atoms with Gasteiger partial charge in [0.2, 0.25) is 0 Å². The van der Waals surface area contributed by atoms with Crippen molar-refractivity contribution in [3.63, 3.8) is 0 Å². The zero-order valence-corrected chi connectivity index (χ0v) is 17.8. The molecule has 0 saturated carbocycles. The molecule has 7 rings (SSSR count). The molecule has 3 saturated heterocycles. The minimum atomic E-state index is -0.238. The lowest BCUT2D eigenvalue weighted by atomic mass is 9.84. The van der Waals surface area contributed by atoms with Crippen LogP contribution in [0.4, 0.5) is 10.2 Å². The lowest BCUT2D eigenvalue weighted by Gasteiger charge is -2.45. The fourth-order valence-corrected chi connectivity index (χ4v) is 5.39. The number of anilines is 1. The number of aryl methyl sites for hydroxylation is 1. The third kappa shape index (κ3) is 3.36. The summed E-state index contributed by atoms with van der Waals surface area (Å²) in [5.74, 6) is 1.62. The number of rotatable bonds is 3. The third-order valence-corrected chi connectivity index (χ3v) is 6.98. The minimum absolute atomic E-state index is 0. The van der Waals surface area contributed by atoms with Gasteiger partial charge in [0.15, 0.2) is 5.65 Å². The summed E-state index contributed by atoms with van der Waals surface area (Å²) in [4.78, 5) is 7.52. The maximum atomic E-state index is 13.8. The molecule has 0 amide bonds. The molecule has 0 radical (unpaired) electrons. The molecule has 1 aromatic carbocycles. The van der Waals surface area contributed by atoms with E-state index >= 15 is 0 Å². The second kappa shape index (κ2) is 7.82. The average molecular weight is 428 g/mol. The van der Waals surface area contributed by atoms with Crippen LogP contribution in [0, 0.1) is 11.7 Å². The van der Waals surface area contributed by atoms with E-state index in [-0.39, 0.29) is 18.2 Å². The summed E-state index contributed by atoms with van der Waals surface area (Å²) >= 11 is 0. The summed E-state index contributed by atoms with van der Waals surface area (Å²) in [6.07, 6.45) is 7.04. The van der Waals surface area contributed by atoms with Gasteiger partial charge < -0.3 is 10.2 Å². The Balaban J connectivity index is 0.00000193. The van der Waals surface area contributed by atoms with E-state index in [0.717, 1.165) is 48.0 Å². The third-order valence-electron chi connectivity index (χ3n) is 6.98. The van der Waals surface area contributed by atoms with Gasteiger partial charge in [-0.1, -0.05) is 12.1 Å². The summed E-state index contributed by atoms with van der Waals surface area (Å²) in [7, 11) is 0. The molecule has 1 atom stereocenters. The summed E-state index contributed by atoms with van der Waals surface area (Å²) in [6.45, 7) is 3.58. The Labute approximate surface area is 182 Å². The number of nitrogens with zero attached hydrogens (tertiary/aromatic N) is 4. The van der Waals surface area contributed by atoms with Gasteiger partial charge in [0.05, 0.1) is 5.69 Å². The van der Waals surface area contributed by atoms with Gasteiger partial charge in [-0.2, -0.15) is 9.61 Å². The van der Waals surface area contributed by atoms with Gasteiger partial charge in [0.1, 0.15) is 11.6 Å². The fraction of sp³-hybridized carbons (Fsp3) is 0.478. The van der Waals surface area contributed by atoms with Gasteiger partial charge in [-0.25, -0.2) is 9.37 Å². The molecular weight excluding hydrogens is 401 g/mol. The Hall–Kier alpha value is -2.18. The van der Waals surface area contributed by atoms with Crippen molar-refractivity contribution < 1.29 is 4.39 Å². The van der Waals surface area contributed by atoms with Crippen molar-refractivity contribution in [1.82, 2.24) is 19.5 Å². The molecule has 2 bridgehead atoms. The molecule has 5 heterocycles. The van der Waals surface area contributed by atoms with Crippen LogP contribution in [-0.2, 0) is 12.8 Å². The molecule has 5 nitrogen and oxygen atoms in total. The number of piperidine rings is 3. The zero-order chi connectivity index (χ0) is 19.4. The largest absolute Gasteiger partial charge is 0.365 e. The Morgan fingerprint density at radius 2 is 1.90 bits per heavy atom. The summed E-state index contributed by atoms with van der Waals surface area (Å²) < 4.78 is 15.7. The van der Waals surface area contributed by atoms with E-state index in [9.17, 15) is 4.39 Å². The molecule has 30 heavy (non-hydrogen) atoms. The highest BCUT2D eigenvalue weighted by Gasteiger charge is 2.35. The molecule has 3 aromatic rings. The monoisotopic (exact) mass is 427 g/mol. The number of hydrogen-bond donors (Lipinski definition) is 1.